The SMILES string of the molecule is O=C1CCCc2nc(-c3ccc(Br)cc3F)sc21. The summed E-state index contributed by atoms with van der Waals surface area (Å²) in [6.45, 7) is 0. The quantitative estimate of drug-likeness (QED) is 0.785. The lowest BCUT2D eigenvalue weighted by Gasteiger charge is -2.06. The molecule has 1 aromatic carbocycles. The Hall–Kier alpha value is -1.07. The van der Waals surface area contributed by atoms with Gasteiger partial charge in [-0.1, -0.05) is 15.9 Å². The molecule has 1 heterocycles. The Morgan fingerprint density at radius 3 is 2.89 bits per heavy atom. The molecule has 92 valence electrons. The number of fused-ring (bicyclic) bond motifs is 1. The van der Waals surface area contributed by atoms with Gasteiger partial charge in [-0.15, -0.1) is 11.3 Å². The van der Waals surface area contributed by atoms with Crippen molar-refractivity contribution < 1.29 is 9.18 Å². The van der Waals surface area contributed by atoms with Crippen LogP contribution in [0.4, 0.5) is 4.39 Å². The van der Waals surface area contributed by atoms with Crippen molar-refractivity contribution in [2.75, 3.05) is 0 Å². The van der Waals surface area contributed by atoms with Gasteiger partial charge in [0.1, 0.15) is 10.8 Å². The number of carbonyl (C=O) groups excluding carboxylic acids is 1. The Bertz CT molecular complexity index is 638. The van der Waals surface area contributed by atoms with E-state index in [9.17, 15) is 9.18 Å². The predicted molar refractivity (Wildman–Crippen MR) is 72.5 cm³/mol. The van der Waals surface area contributed by atoms with E-state index in [2.05, 4.69) is 20.9 Å². The highest BCUT2D eigenvalue weighted by Crippen LogP contribution is 2.34. The molecule has 2 aromatic rings. The van der Waals surface area contributed by atoms with Crippen LogP contribution in [0.1, 0.15) is 28.2 Å². The van der Waals surface area contributed by atoms with Gasteiger partial charge in [0.05, 0.1) is 10.6 Å². The molecule has 0 atom stereocenters. The van der Waals surface area contributed by atoms with Crippen molar-refractivity contribution >= 4 is 33.0 Å². The van der Waals surface area contributed by atoms with E-state index in [1.54, 1.807) is 12.1 Å². The second-order valence-electron chi connectivity index (χ2n) is 4.20. The Balaban J connectivity index is 2.10. The van der Waals surface area contributed by atoms with Gasteiger partial charge >= 0.3 is 0 Å². The molecule has 3 rings (SSSR count). The van der Waals surface area contributed by atoms with E-state index >= 15 is 0 Å². The first-order valence-corrected chi connectivity index (χ1v) is 7.24. The van der Waals surface area contributed by atoms with Gasteiger partial charge in [0.15, 0.2) is 5.78 Å². The first-order valence-electron chi connectivity index (χ1n) is 5.63. The summed E-state index contributed by atoms with van der Waals surface area (Å²) in [5.74, 6) is -0.180. The number of thiazole rings is 1. The van der Waals surface area contributed by atoms with Crippen LogP contribution in [0, 0.1) is 5.82 Å². The minimum atomic E-state index is -0.317. The van der Waals surface area contributed by atoms with Crippen LogP contribution in [0.2, 0.25) is 0 Å². The highest BCUT2D eigenvalue weighted by molar-refractivity contribution is 9.10. The average Bonchev–Trinajstić information content (AvgIpc) is 2.74. The zero-order valence-corrected chi connectivity index (χ0v) is 11.8. The Kier molecular flexibility index (Phi) is 3.03. The molecule has 2 nitrogen and oxygen atoms in total. The van der Waals surface area contributed by atoms with Crippen LogP contribution < -0.4 is 0 Å². The predicted octanol–water partition coefficient (Wildman–Crippen LogP) is 4.23. The van der Waals surface area contributed by atoms with Gasteiger partial charge in [0.2, 0.25) is 0 Å². The minimum Gasteiger partial charge on any atom is -0.293 e. The molecule has 0 amide bonds. The summed E-state index contributed by atoms with van der Waals surface area (Å²) < 4.78 is 14.5. The fourth-order valence-electron chi connectivity index (χ4n) is 2.05. The summed E-state index contributed by atoms with van der Waals surface area (Å²) in [6.07, 6.45) is 2.24. The van der Waals surface area contributed by atoms with E-state index < -0.39 is 0 Å². The molecule has 1 aromatic heterocycles. The van der Waals surface area contributed by atoms with Crippen molar-refractivity contribution in [2.24, 2.45) is 0 Å². The molecule has 0 bridgehead atoms. The van der Waals surface area contributed by atoms with Crippen LogP contribution in [-0.2, 0) is 6.42 Å². The number of ketones is 1. The van der Waals surface area contributed by atoms with Crippen molar-refractivity contribution in [1.29, 1.82) is 0 Å². The lowest BCUT2D eigenvalue weighted by molar-refractivity contribution is 0.0976. The number of halogens is 2. The highest BCUT2D eigenvalue weighted by atomic mass is 79.9. The van der Waals surface area contributed by atoms with Crippen LogP contribution in [0.5, 0.6) is 0 Å². The summed E-state index contributed by atoms with van der Waals surface area (Å²) in [7, 11) is 0. The van der Waals surface area contributed by atoms with Crippen LogP contribution in [0.3, 0.4) is 0 Å². The van der Waals surface area contributed by atoms with Gasteiger partial charge < -0.3 is 0 Å². The normalized spacial score (nSPS) is 14.7. The Labute approximate surface area is 116 Å². The summed E-state index contributed by atoms with van der Waals surface area (Å²) in [4.78, 5) is 16.8. The number of hydrogen-bond acceptors (Lipinski definition) is 3. The number of hydrogen-bond donors (Lipinski definition) is 0. The largest absolute Gasteiger partial charge is 0.293 e. The van der Waals surface area contributed by atoms with Gasteiger partial charge in [0.25, 0.3) is 0 Å². The van der Waals surface area contributed by atoms with Crippen molar-refractivity contribution in [2.45, 2.75) is 19.3 Å². The first-order chi connectivity index (χ1) is 8.65. The van der Waals surface area contributed by atoms with Crippen LogP contribution in [-0.4, -0.2) is 10.8 Å². The Morgan fingerprint density at radius 2 is 2.17 bits per heavy atom. The number of benzene rings is 1. The zero-order chi connectivity index (χ0) is 12.7. The summed E-state index contributed by atoms with van der Waals surface area (Å²) in [5, 5.41) is 0.597. The third-order valence-electron chi connectivity index (χ3n) is 2.93. The van der Waals surface area contributed by atoms with Crippen LogP contribution in [0.15, 0.2) is 22.7 Å². The molecule has 1 aliphatic rings. The van der Waals surface area contributed by atoms with Gasteiger partial charge in [-0.25, -0.2) is 9.37 Å². The van der Waals surface area contributed by atoms with E-state index in [4.69, 9.17) is 0 Å². The topological polar surface area (TPSA) is 30.0 Å². The fraction of sp³-hybridized carbons (Fsp3) is 0.231. The monoisotopic (exact) mass is 325 g/mol. The molecule has 0 saturated carbocycles. The zero-order valence-electron chi connectivity index (χ0n) is 9.37. The average molecular weight is 326 g/mol. The lowest BCUT2D eigenvalue weighted by Crippen LogP contribution is -2.07. The smallest absolute Gasteiger partial charge is 0.174 e. The van der Waals surface area contributed by atoms with Gasteiger partial charge in [-0.05, 0) is 31.0 Å². The molecular weight excluding hydrogens is 317 g/mol. The summed E-state index contributed by atoms with van der Waals surface area (Å²) >= 11 is 4.52. The molecule has 0 fully saturated rings. The standard InChI is InChI=1S/C13H9BrFNOS/c14-7-4-5-8(9(15)6-7)13-16-10-2-1-3-11(17)12(10)18-13/h4-6H,1-3H2. The molecule has 0 spiro atoms. The molecule has 1 aliphatic carbocycles. The second-order valence-corrected chi connectivity index (χ2v) is 6.11. The molecule has 5 heteroatoms. The molecule has 0 radical (unpaired) electrons. The molecule has 18 heavy (non-hydrogen) atoms. The lowest BCUT2D eigenvalue weighted by atomic mass is 10.0. The maximum atomic E-state index is 13.8. The van der Waals surface area contributed by atoms with E-state index in [1.807, 2.05) is 0 Å². The Morgan fingerprint density at radius 1 is 1.33 bits per heavy atom. The van der Waals surface area contributed by atoms with E-state index in [0.717, 1.165) is 18.5 Å². The van der Waals surface area contributed by atoms with Crippen molar-refractivity contribution in [3.05, 3.63) is 39.1 Å². The van der Waals surface area contributed by atoms with E-state index in [0.29, 0.717) is 26.3 Å². The number of carbonyl (C=O) groups is 1. The number of rotatable bonds is 1. The second kappa shape index (κ2) is 4.55. The maximum Gasteiger partial charge on any atom is 0.174 e. The number of aromatic nitrogens is 1. The minimum absolute atomic E-state index is 0.137. The highest BCUT2D eigenvalue weighted by Gasteiger charge is 2.23. The third-order valence-corrected chi connectivity index (χ3v) is 4.59. The molecule has 0 saturated heterocycles. The van der Waals surface area contributed by atoms with Crippen LogP contribution in [0.25, 0.3) is 10.6 Å². The van der Waals surface area contributed by atoms with Crippen molar-refractivity contribution in [3.8, 4) is 10.6 Å². The molecule has 0 unspecified atom stereocenters. The summed E-state index contributed by atoms with van der Waals surface area (Å²) in [5.41, 5.74) is 1.29. The van der Waals surface area contributed by atoms with E-state index in [-0.39, 0.29) is 11.6 Å². The third kappa shape index (κ3) is 2.01. The van der Waals surface area contributed by atoms with Gasteiger partial charge in [0, 0.05) is 16.5 Å². The molecular formula is C13H9BrFNOS. The summed E-state index contributed by atoms with van der Waals surface area (Å²) in [6, 6.07) is 4.88. The van der Waals surface area contributed by atoms with Crippen molar-refractivity contribution in [3.63, 3.8) is 0 Å². The molecule has 0 aliphatic heterocycles. The number of nitrogens with zero attached hydrogens (tertiary/aromatic N) is 1. The van der Waals surface area contributed by atoms with Crippen LogP contribution >= 0.6 is 27.3 Å². The maximum absolute atomic E-state index is 13.8. The van der Waals surface area contributed by atoms with Gasteiger partial charge in [-0.2, -0.15) is 0 Å². The first kappa shape index (κ1) is 12.0. The molecule has 0 N–H and O–H groups in total. The number of aryl methyl sites for hydroxylation is 1. The number of Topliss-reactive ketones (excluding diaryl/α,β-unsaturated/α-hetero) is 1. The van der Waals surface area contributed by atoms with Crippen molar-refractivity contribution in [1.82, 2.24) is 4.98 Å². The fourth-order valence-corrected chi connectivity index (χ4v) is 3.49. The van der Waals surface area contributed by atoms with E-state index in [1.165, 1.54) is 17.4 Å². The van der Waals surface area contributed by atoms with Gasteiger partial charge in [-0.3, -0.25) is 4.79 Å².